The van der Waals surface area contributed by atoms with Crippen molar-refractivity contribution in [2.45, 2.75) is 20.8 Å². The van der Waals surface area contributed by atoms with Gasteiger partial charge in [0.1, 0.15) is 0 Å². The van der Waals surface area contributed by atoms with Crippen molar-refractivity contribution in [3.63, 3.8) is 0 Å². The molecule has 0 atom stereocenters. The van der Waals surface area contributed by atoms with Gasteiger partial charge in [-0.1, -0.05) is 18.2 Å². The normalized spacial score (nSPS) is 13.4. The van der Waals surface area contributed by atoms with Gasteiger partial charge in [0, 0.05) is 21.8 Å². The maximum atomic E-state index is 8.52. The van der Waals surface area contributed by atoms with Crippen molar-refractivity contribution in [2.75, 3.05) is 11.5 Å². The van der Waals surface area contributed by atoms with Gasteiger partial charge in [-0.2, -0.15) is 0 Å². The zero-order valence-corrected chi connectivity index (χ0v) is 17.7. The molecule has 158 valence electrons. The molecule has 30 heavy (non-hydrogen) atoms. The van der Waals surface area contributed by atoms with E-state index in [4.69, 9.17) is 34.4 Å². The summed E-state index contributed by atoms with van der Waals surface area (Å²) in [6.45, 7) is 6.00. The maximum absolute atomic E-state index is 8.52. The molecule has 0 aliphatic heterocycles. The number of hydrogen-bond acceptors (Lipinski definition) is 7. The molecule has 5 N–H and O–H groups in total. The van der Waals surface area contributed by atoms with E-state index >= 15 is 0 Å². The zero-order chi connectivity index (χ0) is 22.6. The molecule has 7 nitrogen and oxygen atoms in total. The molecule has 0 heterocycles. The lowest BCUT2D eigenvalue weighted by atomic mass is 9.88. The van der Waals surface area contributed by atoms with Crippen LogP contribution in [0.4, 0.5) is 11.4 Å². The minimum Gasteiger partial charge on any atom is -0.759 e. The van der Waals surface area contributed by atoms with Gasteiger partial charge in [-0.25, -0.2) is 0 Å². The Labute approximate surface area is 176 Å². The van der Waals surface area contributed by atoms with E-state index in [2.05, 4.69) is 18.2 Å². The number of allylic oxidation sites excluding steroid dienone is 5. The first-order valence-electron chi connectivity index (χ1n) is 8.96. The Hall–Kier alpha value is -3.20. The molecule has 0 spiro atoms. The van der Waals surface area contributed by atoms with E-state index in [1.54, 1.807) is 0 Å². The molecular formula is C22H23N3O4S-2. The Kier molecular flexibility index (Phi) is 6.99. The number of hydrogen-bond donors (Lipinski definition) is 3. The van der Waals surface area contributed by atoms with Crippen LogP contribution < -0.4 is 11.5 Å². The standard InChI is InChI=1S/C22H23N3.H2O4S/c1-13-10-16(4-7-19(13)23)22(17-5-8-20(24)14(2)11-17)18-6-9-21(25)15(3)12-18;1-5(2,3)4/h4-12,23H,24-25H2,1-3H3;(H2,1,2,3,4)/p-2. The van der Waals surface area contributed by atoms with Crippen molar-refractivity contribution < 1.29 is 17.5 Å². The molecule has 0 fully saturated rings. The lowest BCUT2D eigenvalue weighted by Gasteiger charge is -2.17. The lowest BCUT2D eigenvalue weighted by molar-refractivity contribution is 0.352. The van der Waals surface area contributed by atoms with E-state index in [9.17, 15) is 0 Å². The molecule has 8 heteroatoms. The number of aryl methyl sites for hydroxylation is 2. The van der Waals surface area contributed by atoms with Crippen LogP contribution in [0.3, 0.4) is 0 Å². The molecule has 1 aliphatic rings. The van der Waals surface area contributed by atoms with Gasteiger partial charge in [-0.15, -0.1) is 0 Å². The van der Waals surface area contributed by atoms with Gasteiger partial charge in [0.05, 0.1) is 5.71 Å². The van der Waals surface area contributed by atoms with Crippen LogP contribution in [0.25, 0.3) is 5.57 Å². The van der Waals surface area contributed by atoms with Gasteiger partial charge in [0.25, 0.3) is 0 Å². The van der Waals surface area contributed by atoms with Gasteiger partial charge >= 0.3 is 0 Å². The van der Waals surface area contributed by atoms with Crippen LogP contribution >= 0.6 is 0 Å². The first kappa shape index (κ1) is 23.1. The minimum atomic E-state index is -5.17. The first-order valence-corrected chi connectivity index (χ1v) is 10.3. The van der Waals surface area contributed by atoms with Gasteiger partial charge in [0.2, 0.25) is 0 Å². The van der Waals surface area contributed by atoms with Crippen molar-refractivity contribution in [2.24, 2.45) is 0 Å². The second-order valence-electron chi connectivity index (χ2n) is 6.96. The van der Waals surface area contributed by atoms with E-state index < -0.39 is 10.4 Å². The van der Waals surface area contributed by atoms with Crippen LogP contribution in [0.15, 0.2) is 65.8 Å². The Bertz CT molecular complexity index is 1130. The van der Waals surface area contributed by atoms with Crippen molar-refractivity contribution in [3.05, 3.63) is 88.0 Å². The van der Waals surface area contributed by atoms with Crippen LogP contribution in [0, 0.1) is 19.3 Å². The predicted octanol–water partition coefficient (Wildman–Crippen LogP) is 3.47. The molecule has 2 aromatic carbocycles. The maximum Gasteiger partial charge on any atom is 0.0569 e. The van der Waals surface area contributed by atoms with E-state index in [-0.39, 0.29) is 0 Å². The van der Waals surface area contributed by atoms with Gasteiger partial charge < -0.3 is 26.0 Å². The summed E-state index contributed by atoms with van der Waals surface area (Å²) < 4.78 is 34.1. The molecule has 0 bridgehead atoms. The molecule has 0 amide bonds. The zero-order valence-electron chi connectivity index (χ0n) is 16.9. The highest BCUT2D eigenvalue weighted by Crippen LogP contribution is 2.33. The predicted molar refractivity (Wildman–Crippen MR) is 118 cm³/mol. The van der Waals surface area contributed by atoms with Gasteiger partial charge in [-0.3, -0.25) is 8.42 Å². The number of nitrogens with two attached hydrogens (primary N) is 2. The van der Waals surface area contributed by atoms with Gasteiger partial charge in [-0.05, 0) is 96.2 Å². The molecule has 0 aromatic heterocycles. The molecule has 0 saturated carbocycles. The molecule has 0 saturated heterocycles. The lowest BCUT2D eigenvalue weighted by Crippen LogP contribution is -2.02. The highest BCUT2D eigenvalue weighted by molar-refractivity contribution is 7.79. The molecule has 3 rings (SSSR count). The molecule has 0 radical (unpaired) electrons. The van der Waals surface area contributed by atoms with Crippen LogP contribution in [0.1, 0.15) is 29.2 Å². The van der Waals surface area contributed by atoms with E-state index in [0.29, 0.717) is 5.71 Å². The van der Waals surface area contributed by atoms with Crippen LogP contribution in [-0.4, -0.2) is 23.2 Å². The van der Waals surface area contributed by atoms with E-state index in [0.717, 1.165) is 50.3 Å². The summed E-state index contributed by atoms with van der Waals surface area (Å²) in [7, 11) is -5.17. The fourth-order valence-electron chi connectivity index (χ4n) is 2.98. The summed E-state index contributed by atoms with van der Waals surface area (Å²) in [5.74, 6) is 0. The summed E-state index contributed by atoms with van der Waals surface area (Å²) >= 11 is 0. The number of nitrogens with one attached hydrogen (secondary N) is 1. The topological polar surface area (TPSA) is 156 Å². The van der Waals surface area contributed by atoms with Crippen LogP contribution in [0.2, 0.25) is 0 Å². The van der Waals surface area contributed by atoms with Crippen molar-refractivity contribution in [1.82, 2.24) is 0 Å². The van der Waals surface area contributed by atoms with Crippen molar-refractivity contribution >= 4 is 33.1 Å². The SMILES string of the molecule is CC1=CC(=C(c2ccc(N)c(C)c2)c2ccc(N)c(C)c2)C=CC1=N.O=S(=O)([O-])[O-]. The number of anilines is 2. The smallest absolute Gasteiger partial charge is 0.0569 e. The van der Waals surface area contributed by atoms with E-state index in [1.807, 2.05) is 57.2 Å². The van der Waals surface area contributed by atoms with Crippen LogP contribution in [-0.2, 0) is 10.4 Å². The minimum absolute atomic E-state index is 0.546. The summed E-state index contributed by atoms with van der Waals surface area (Å²) in [5.41, 5.74) is 21.6. The second-order valence-corrected chi connectivity index (χ2v) is 7.77. The molecule has 0 unspecified atom stereocenters. The fourth-order valence-corrected chi connectivity index (χ4v) is 2.98. The quantitative estimate of drug-likeness (QED) is 0.380. The number of nitrogen functional groups attached to an aromatic ring is 2. The van der Waals surface area contributed by atoms with Crippen molar-refractivity contribution in [3.8, 4) is 0 Å². The summed E-state index contributed by atoms with van der Waals surface area (Å²) in [6, 6.07) is 12.2. The average Bonchev–Trinajstić information content (AvgIpc) is 2.63. The highest BCUT2D eigenvalue weighted by Gasteiger charge is 2.14. The van der Waals surface area contributed by atoms with Gasteiger partial charge in [0.15, 0.2) is 0 Å². The third-order valence-electron chi connectivity index (χ3n) is 4.63. The Morgan fingerprint density at radius 1 is 0.867 bits per heavy atom. The Balaban J connectivity index is 0.000000575. The summed E-state index contributed by atoms with van der Waals surface area (Å²) in [6.07, 6.45) is 5.91. The molecule has 1 aliphatic carbocycles. The van der Waals surface area contributed by atoms with Crippen LogP contribution in [0.5, 0.6) is 0 Å². The third kappa shape index (κ3) is 6.15. The number of benzene rings is 2. The fraction of sp³-hybridized carbons (Fsp3) is 0.136. The first-order chi connectivity index (χ1) is 13.9. The Morgan fingerprint density at radius 3 is 1.67 bits per heavy atom. The van der Waals surface area contributed by atoms with E-state index in [1.165, 1.54) is 0 Å². The molecular weight excluding hydrogens is 402 g/mol. The molecule has 2 aromatic rings. The second kappa shape index (κ2) is 9.08. The largest absolute Gasteiger partial charge is 0.759 e. The Morgan fingerprint density at radius 2 is 1.30 bits per heavy atom. The number of rotatable bonds is 2. The summed E-state index contributed by atoms with van der Waals surface area (Å²) in [4.78, 5) is 0. The third-order valence-corrected chi connectivity index (χ3v) is 4.63. The van der Waals surface area contributed by atoms with Crippen molar-refractivity contribution in [1.29, 1.82) is 5.41 Å². The highest BCUT2D eigenvalue weighted by atomic mass is 32.3. The average molecular weight is 426 g/mol. The summed E-state index contributed by atoms with van der Waals surface area (Å²) in [5, 5.41) is 7.95. The monoisotopic (exact) mass is 425 g/mol.